The van der Waals surface area contributed by atoms with Gasteiger partial charge in [0.05, 0.1) is 0 Å². The fraction of sp³-hybridized carbons (Fsp3) is 0.500. The lowest BCUT2D eigenvalue weighted by molar-refractivity contribution is -0.116. The Bertz CT molecular complexity index is 301. The molecule has 0 bridgehead atoms. The first-order chi connectivity index (χ1) is 7.58. The van der Waals surface area contributed by atoms with Crippen molar-refractivity contribution in [1.82, 2.24) is 0 Å². The first kappa shape index (κ1) is 14.7. The van der Waals surface area contributed by atoms with Crippen molar-refractivity contribution in [3.63, 3.8) is 0 Å². The quantitative estimate of drug-likeness (QED) is 0.821. The van der Waals surface area contributed by atoms with Gasteiger partial charge >= 0.3 is 0 Å². The number of hydrogen-bond acceptors (Lipinski definition) is 1. The molecule has 90 valence electrons. The maximum absolute atomic E-state index is 11.4. The van der Waals surface area contributed by atoms with Crippen molar-refractivity contribution in [1.29, 1.82) is 0 Å². The van der Waals surface area contributed by atoms with Crippen LogP contribution in [0.1, 0.15) is 39.7 Å². The lowest BCUT2D eigenvalue weighted by Gasteiger charge is -2.06. The summed E-state index contributed by atoms with van der Waals surface area (Å²) in [6.07, 6.45) is 0.577. The van der Waals surface area contributed by atoms with Crippen molar-refractivity contribution < 1.29 is 4.79 Å². The van der Waals surface area contributed by atoms with Gasteiger partial charge in [0, 0.05) is 12.1 Å². The van der Waals surface area contributed by atoms with Crippen LogP contribution in [0.15, 0.2) is 24.3 Å². The third-order valence-corrected chi connectivity index (χ3v) is 1.93. The number of benzene rings is 1. The van der Waals surface area contributed by atoms with Gasteiger partial charge in [-0.25, -0.2) is 0 Å². The van der Waals surface area contributed by atoms with Gasteiger partial charge in [0.1, 0.15) is 0 Å². The van der Waals surface area contributed by atoms with Gasteiger partial charge in [-0.15, -0.1) is 0 Å². The Morgan fingerprint density at radius 2 is 1.69 bits per heavy atom. The van der Waals surface area contributed by atoms with Crippen LogP contribution in [0.25, 0.3) is 0 Å². The molecule has 0 aliphatic heterocycles. The number of nitrogens with one attached hydrogen (secondary N) is 1. The minimum Gasteiger partial charge on any atom is -0.326 e. The normalized spacial score (nSPS) is 9.38. The van der Waals surface area contributed by atoms with Crippen LogP contribution >= 0.6 is 0 Å². The molecule has 0 saturated carbocycles. The van der Waals surface area contributed by atoms with Crippen LogP contribution < -0.4 is 5.32 Å². The van der Waals surface area contributed by atoms with Gasteiger partial charge in [-0.05, 0) is 25.0 Å². The zero-order valence-corrected chi connectivity index (χ0v) is 11.0. The highest BCUT2D eigenvalue weighted by atomic mass is 16.1. The molecule has 0 aliphatic carbocycles. The molecule has 1 N–H and O–H groups in total. The van der Waals surface area contributed by atoms with E-state index in [1.165, 1.54) is 5.56 Å². The zero-order chi connectivity index (χ0) is 12.6. The summed E-state index contributed by atoms with van der Waals surface area (Å²) >= 11 is 0. The van der Waals surface area contributed by atoms with Crippen LogP contribution in [-0.2, 0) is 4.79 Å². The first-order valence-corrected chi connectivity index (χ1v) is 5.94. The molecule has 0 spiro atoms. The van der Waals surface area contributed by atoms with Crippen molar-refractivity contribution in [2.75, 3.05) is 5.32 Å². The second-order valence-electron chi connectivity index (χ2n) is 4.01. The third kappa shape index (κ3) is 6.23. The summed E-state index contributed by atoms with van der Waals surface area (Å²) in [6.45, 7) is 10.1. The van der Waals surface area contributed by atoms with Crippen molar-refractivity contribution in [2.45, 2.75) is 41.0 Å². The van der Waals surface area contributed by atoms with E-state index in [0.29, 0.717) is 12.3 Å². The average molecular weight is 221 g/mol. The minimum atomic E-state index is 0.0869. The number of rotatable bonds is 3. The standard InChI is InChI=1S/C12H17NO.C2H6/c1-9(2)8-12(14)13-11-6-4-10(3)5-7-11;1-2/h4-7,9H,8H2,1-3H3,(H,13,14);1-2H3. The van der Waals surface area contributed by atoms with E-state index in [1.807, 2.05) is 58.9 Å². The van der Waals surface area contributed by atoms with Gasteiger partial charge < -0.3 is 5.32 Å². The lowest BCUT2D eigenvalue weighted by Crippen LogP contribution is -2.13. The van der Waals surface area contributed by atoms with E-state index < -0.39 is 0 Å². The smallest absolute Gasteiger partial charge is 0.224 e. The summed E-state index contributed by atoms with van der Waals surface area (Å²) in [4.78, 5) is 11.4. The van der Waals surface area contributed by atoms with E-state index in [4.69, 9.17) is 0 Å². The van der Waals surface area contributed by atoms with Gasteiger partial charge in [-0.3, -0.25) is 4.79 Å². The Hall–Kier alpha value is -1.31. The molecule has 0 saturated heterocycles. The summed E-state index contributed by atoms with van der Waals surface area (Å²) in [5.74, 6) is 0.490. The predicted octanol–water partition coefficient (Wildman–Crippen LogP) is 4.01. The molecule has 16 heavy (non-hydrogen) atoms. The zero-order valence-electron chi connectivity index (χ0n) is 11.0. The molecule has 1 aromatic carbocycles. The Kier molecular flexibility index (Phi) is 7.27. The van der Waals surface area contributed by atoms with Crippen molar-refractivity contribution >= 4 is 11.6 Å². The van der Waals surface area contributed by atoms with Crippen molar-refractivity contribution in [2.24, 2.45) is 5.92 Å². The van der Waals surface area contributed by atoms with Gasteiger partial charge in [0.2, 0.25) is 5.91 Å². The summed E-state index contributed by atoms with van der Waals surface area (Å²) < 4.78 is 0. The van der Waals surface area contributed by atoms with Gasteiger partial charge in [0.25, 0.3) is 0 Å². The van der Waals surface area contributed by atoms with Crippen LogP contribution in [0.2, 0.25) is 0 Å². The Morgan fingerprint density at radius 3 is 2.12 bits per heavy atom. The summed E-state index contributed by atoms with van der Waals surface area (Å²) in [5.41, 5.74) is 2.08. The minimum absolute atomic E-state index is 0.0869. The third-order valence-electron chi connectivity index (χ3n) is 1.93. The summed E-state index contributed by atoms with van der Waals surface area (Å²) in [5, 5.41) is 2.86. The van der Waals surface area contributed by atoms with Crippen LogP contribution in [0.3, 0.4) is 0 Å². The Morgan fingerprint density at radius 1 is 1.19 bits per heavy atom. The molecule has 1 rings (SSSR count). The predicted molar refractivity (Wildman–Crippen MR) is 70.6 cm³/mol. The average Bonchev–Trinajstić information content (AvgIpc) is 2.23. The highest BCUT2D eigenvalue weighted by molar-refractivity contribution is 5.90. The molecule has 0 unspecified atom stereocenters. The summed E-state index contributed by atoms with van der Waals surface area (Å²) in [7, 11) is 0. The summed E-state index contributed by atoms with van der Waals surface area (Å²) in [6, 6.07) is 7.83. The molecule has 1 aromatic rings. The molecule has 0 aliphatic rings. The first-order valence-electron chi connectivity index (χ1n) is 5.94. The Balaban J connectivity index is 0.00000106. The molecule has 1 amide bonds. The molecule has 2 heteroatoms. The van der Waals surface area contributed by atoms with E-state index in [1.54, 1.807) is 0 Å². The highest BCUT2D eigenvalue weighted by Crippen LogP contribution is 2.10. The number of carbonyl (C=O) groups excluding carboxylic acids is 1. The van der Waals surface area contributed by atoms with E-state index in [2.05, 4.69) is 5.32 Å². The fourth-order valence-electron chi connectivity index (χ4n) is 1.22. The lowest BCUT2D eigenvalue weighted by atomic mass is 10.1. The van der Waals surface area contributed by atoms with Gasteiger partial charge in [-0.1, -0.05) is 45.4 Å². The number of amides is 1. The van der Waals surface area contributed by atoms with Crippen LogP contribution in [0.4, 0.5) is 5.69 Å². The topological polar surface area (TPSA) is 29.1 Å². The SMILES string of the molecule is CC.Cc1ccc(NC(=O)CC(C)C)cc1. The van der Waals surface area contributed by atoms with Crippen LogP contribution in [-0.4, -0.2) is 5.91 Å². The molecule has 0 aromatic heterocycles. The van der Waals surface area contributed by atoms with Gasteiger partial charge in [-0.2, -0.15) is 0 Å². The molecule has 2 nitrogen and oxygen atoms in total. The monoisotopic (exact) mass is 221 g/mol. The van der Waals surface area contributed by atoms with E-state index in [9.17, 15) is 4.79 Å². The molecule has 0 atom stereocenters. The van der Waals surface area contributed by atoms with E-state index in [0.717, 1.165) is 5.69 Å². The molecular formula is C14H23NO. The van der Waals surface area contributed by atoms with Crippen LogP contribution in [0, 0.1) is 12.8 Å². The molecular weight excluding hydrogens is 198 g/mol. The number of carbonyl (C=O) groups is 1. The molecule has 0 fully saturated rings. The molecule has 0 radical (unpaired) electrons. The Labute approximate surface area is 99.1 Å². The number of anilines is 1. The van der Waals surface area contributed by atoms with Crippen molar-refractivity contribution in [3.8, 4) is 0 Å². The number of aryl methyl sites for hydroxylation is 1. The van der Waals surface area contributed by atoms with E-state index in [-0.39, 0.29) is 5.91 Å². The maximum atomic E-state index is 11.4. The van der Waals surface area contributed by atoms with Crippen molar-refractivity contribution in [3.05, 3.63) is 29.8 Å². The second-order valence-corrected chi connectivity index (χ2v) is 4.01. The maximum Gasteiger partial charge on any atom is 0.224 e. The second kappa shape index (κ2) is 7.91. The molecule has 0 heterocycles. The van der Waals surface area contributed by atoms with Gasteiger partial charge in [0.15, 0.2) is 0 Å². The van der Waals surface area contributed by atoms with Crippen LogP contribution in [0.5, 0.6) is 0 Å². The highest BCUT2D eigenvalue weighted by Gasteiger charge is 2.04. The largest absolute Gasteiger partial charge is 0.326 e. The van der Waals surface area contributed by atoms with E-state index >= 15 is 0 Å². The number of hydrogen-bond donors (Lipinski definition) is 1. The fourth-order valence-corrected chi connectivity index (χ4v) is 1.22.